The van der Waals surface area contributed by atoms with Gasteiger partial charge in [0, 0.05) is 19.2 Å². The van der Waals surface area contributed by atoms with Crippen molar-refractivity contribution in [2.24, 2.45) is 5.92 Å². The fourth-order valence-electron chi connectivity index (χ4n) is 4.10. The summed E-state index contributed by atoms with van der Waals surface area (Å²) in [6.07, 6.45) is 0. The summed E-state index contributed by atoms with van der Waals surface area (Å²) >= 11 is 20.2. The number of hydrogen-bond donors (Lipinski definition) is 2. The van der Waals surface area contributed by atoms with Gasteiger partial charge < -0.3 is 10.4 Å². The number of ketones is 1. The number of carboxylic acids is 1. The number of anilines is 1. The standard InChI is InChI=1S/C24H15Cl3INO4/c25-13-5-1-11(2-6-13)19-21(20(24(32)33)12-3-7-14(26)8-4-12)22(30)15-9-17(28)16(27)10-18(15)29-23(19)31/h1-10,19-21H,(H,29,31)(H,32,33). The van der Waals surface area contributed by atoms with Crippen LogP contribution in [-0.2, 0) is 9.59 Å². The third-order valence-electron chi connectivity index (χ3n) is 5.61. The van der Waals surface area contributed by atoms with Crippen LogP contribution in [0.4, 0.5) is 5.69 Å². The predicted octanol–water partition coefficient (Wildman–Crippen LogP) is 6.65. The second kappa shape index (κ2) is 9.62. The largest absolute Gasteiger partial charge is 0.481 e. The molecule has 3 aromatic rings. The number of carbonyl (C=O) groups excluding carboxylic acids is 2. The first-order chi connectivity index (χ1) is 15.7. The molecule has 0 bridgehead atoms. The fourth-order valence-corrected chi connectivity index (χ4v) is 4.99. The van der Waals surface area contributed by atoms with Gasteiger partial charge in [0.05, 0.1) is 28.5 Å². The van der Waals surface area contributed by atoms with E-state index in [1.54, 1.807) is 54.6 Å². The zero-order valence-corrected chi connectivity index (χ0v) is 21.1. The number of hydrogen-bond acceptors (Lipinski definition) is 3. The molecule has 0 saturated carbocycles. The molecule has 0 radical (unpaired) electrons. The lowest BCUT2D eigenvalue weighted by Crippen LogP contribution is -2.36. The van der Waals surface area contributed by atoms with Crippen molar-refractivity contribution >= 4 is 80.7 Å². The van der Waals surface area contributed by atoms with Crippen LogP contribution in [0.5, 0.6) is 0 Å². The number of Topliss-reactive ketones (excluding diaryl/α,β-unsaturated/α-hetero) is 1. The molecule has 1 aliphatic rings. The summed E-state index contributed by atoms with van der Waals surface area (Å²) in [5.41, 5.74) is 1.30. The van der Waals surface area contributed by atoms with Crippen molar-refractivity contribution in [2.75, 3.05) is 5.32 Å². The van der Waals surface area contributed by atoms with Gasteiger partial charge in [-0.2, -0.15) is 0 Å². The molecule has 0 aromatic heterocycles. The van der Waals surface area contributed by atoms with Gasteiger partial charge in [0.2, 0.25) is 5.91 Å². The van der Waals surface area contributed by atoms with E-state index in [1.165, 1.54) is 6.07 Å². The maximum atomic E-state index is 13.9. The Bertz CT molecular complexity index is 1260. The average Bonchev–Trinajstić information content (AvgIpc) is 2.86. The number of benzene rings is 3. The van der Waals surface area contributed by atoms with Crippen LogP contribution in [-0.4, -0.2) is 22.8 Å². The van der Waals surface area contributed by atoms with E-state index in [4.69, 9.17) is 34.8 Å². The Balaban J connectivity index is 1.97. The van der Waals surface area contributed by atoms with E-state index in [2.05, 4.69) is 5.32 Å². The lowest BCUT2D eigenvalue weighted by atomic mass is 9.71. The van der Waals surface area contributed by atoms with Crippen LogP contribution in [0.25, 0.3) is 0 Å². The SMILES string of the molecule is O=C(O)C(c1ccc(Cl)cc1)C1C(=O)c2cc(I)c(Cl)cc2NC(=O)C1c1ccc(Cl)cc1. The quantitative estimate of drug-likeness (QED) is 0.322. The molecule has 0 saturated heterocycles. The molecule has 1 amide bonds. The zero-order valence-electron chi connectivity index (χ0n) is 16.7. The molecule has 4 rings (SSSR count). The third-order valence-corrected chi connectivity index (χ3v) is 7.64. The van der Waals surface area contributed by atoms with Crippen LogP contribution in [0, 0.1) is 9.49 Å². The number of rotatable bonds is 4. The minimum atomic E-state index is -1.31. The summed E-state index contributed by atoms with van der Waals surface area (Å²) in [5, 5.41) is 14.3. The summed E-state index contributed by atoms with van der Waals surface area (Å²) in [5.74, 6) is -5.83. The van der Waals surface area contributed by atoms with E-state index in [9.17, 15) is 19.5 Å². The number of carbonyl (C=O) groups is 3. The van der Waals surface area contributed by atoms with Gasteiger partial charge in [0.15, 0.2) is 5.78 Å². The van der Waals surface area contributed by atoms with Crippen LogP contribution >= 0.6 is 57.4 Å². The Hall–Kier alpha value is -2.13. The average molecular weight is 615 g/mol. The maximum Gasteiger partial charge on any atom is 0.311 e. The van der Waals surface area contributed by atoms with Crippen molar-refractivity contribution in [3.63, 3.8) is 0 Å². The molecule has 0 aliphatic carbocycles. The van der Waals surface area contributed by atoms with Gasteiger partial charge in [-0.1, -0.05) is 59.1 Å². The molecule has 0 spiro atoms. The minimum Gasteiger partial charge on any atom is -0.481 e. The lowest BCUT2D eigenvalue weighted by molar-refractivity contribution is -0.140. The maximum absolute atomic E-state index is 13.9. The Morgan fingerprint density at radius 3 is 2.09 bits per heavy atom. The van der Waals surface area contributed by atoms with Crippen molar-refractivity contribution in [2.45, 2.75) is 11.8 Å². The van der Waals surface area contributed by atoms with Crippen molar-refractivity contribution in [1.82, 2.24) is 0 Å². The molecule has 3 aromatic carbocycles. The van der Waals surface area contributed by atoms with Crippen molar-refractivity contribution in [3.8, 4) is 0 Å². The summed E-state index contributed by atoms with van der Waals surface area (Å²) in [7, 11) is 0. The smallest absolute Gasteiger partial charge is 0.311 e. The molecule has 0 fully saturated rings. The number of carboxylic acid groups (broad SMARTS) is 1. The van der Waals surface area contributed by atoms with Gasteiger partial charge in [-0.15, -0.1) is 0 Å². The van der Waals surface area contributed by atoms with Crippen molar-refractivity contribution in [1.29, 1.82) is 0 Å². The van der Waals surface area contributed by atoms with Crippen LogP contribution in [0.15, 0.2) is 60.7 Å². The number of nitrogens with one attached hydrogen (secondary N) is 1. The molecule has 9 heteroatoms. The molecule has 3 unspecified atom stereocenters. The molecule has 33 heavy (non-hydrogen) atoms. The normalized spacial score (nSPS) is 18.8. The number of aliphatic carboxylic acids is 1. The first kappa shape index (κ1) is 24.0. The third kappa shape index (κ3) is 4.75. The van der Waals surface area contributed by atoms with Crippen LogP contribution in [0.1, 0.15) is 33.3 Å². The summed E-state index contributed by atoms with van der Waals surface area (Å²) in [6.45, 7) is 0. The Kier molecular flexibility index (Phi) is 7.00. The van der Waals surface area contributed by atoms with Crippen LogP contribution < -0.4 is 5.32 Å². The van der Waals surface area contributed by atoms with Crippen LogP contribution in [0.3, 0.4) is 0 Å². The number of halogens is 4. The highest BCUT2D eigenvalue weighted by Gasteiger charge is 2.47. The Morgan fingerprint density at radius 2 is 1.52 bits per heavy atom. The summed E-state index contributed by atoms with van der Waals surface area (Å²) in [6, 6.07) is 15.8. The van der Waals surface area contributed by atoms with E-state index >= 15 is 0 Å². The molecule has 1 aliphatic heterocycles. The Labute approximate surface area is 218 Å². The molecule has 5 nitrogen and oxygen atoms in total. The molecule has 2 N–H and O–H groups in total. The first-order valence-corrected chi connectivity index (χ1v) is 12.0. The van der Waals surface area contributed by atoms with E-state index in [0.29, 0.717) is 29.8 Å². The Morgan fingerprint density at radius 1 is 0.939 bits per heavy atom. The van der Waals surface area contributed by atoms with E-state index in [0.717, 1.165) is 0 Å². The van der Waals surface area contributed by atoms with E-state index < -0.39 is 35.4 Å². The van der Waals surface area contributed by atoms with Gasteiger partial charge >= 0.3 is 5.97 Å². The van der Waals surface area contributed by atoms with Crippen molar-refractivity contribution in [3.05, 3.63) is 96.0 Å². The predicted molar refractivity (Wildman–Crippen MR) is 137 cm³/mol. The van der Waals surface area contributed by atoms with E-state index in [1.807, 2.05) is 22.6 Å². The molecular weight excluding hydrogens is 600 g/mol. The minimum absolute atomic E-state index is 0.207. The fraction of sp³-hybridized carbons (Fsp3) is 0.125. The highest BCUT2D eigenvalue weighted by molar-refractivity contribution is 14.1. The topological polar surface area (TPSA) is 83.5 Å². The van der Waals surface area contributed by atoms with Gasteiger partial charge in [0.1, 0.15) is 0 Å². The molecule has 3 atom stereocenters. The highest BCUT2D eigenvalue weighted by Crippen LogP contribution is 2.44. The molecule has 1 heterocycles. The van der Waals surface area contributed by atoms with Crippen molar-refractivity contribution < 1.29 is 19.5 Å². The molecular formula is C24H15Cl3INO4. The summed E-state index contributed by atoms with van der Waals surface area (Å²) in [4.78, 5) is 40.0. The highest BCUT2D eigenvalue weighted by atomic mass is 127. The summed E-state index contributed by atoms with van der Waals surface area (Å²) < 4.78 is 0.609. The van der Waals surface area contributed by atoms with Gasteiger partial charge in [-0.25, -0.2) is 0 Å². The monoisotopic (exact) mass is 613 g/mol. The lowest BCUT2D eigenvalue weighted by Gasteiger charge is -2.28. The van der Waals surface area contributed by atoms with E-state index in [-0.39, 0.29) is 11.3 Å². The zero-order chi connectivity index (χ0) is 23.9. The number of fused-ring (bicyclic) bond motifs is 1. The second-order valence-corrected chi connectivity index (χ2v) is 10.0. The number of amides is 1. The first-order valence-electron chi connectivity index (χ1n) is 9.75. The van der Waals surface area contributed by atoms with Crippen LogP contribution in [0.2, 0.25) is 15.1 Å². The van der Waals surface area contributed by atoms with Gasteiger partial charge in [0.25, 0.3) is 0 Å². The van der Waals surface area contributed by atoms with Gasteiger partial charge in [-0.05, 0) is 70.1 Å². The van der Waals surface area contributed by atoms with Gasteiger partial charge in [-0.3, -0.25) is 14.4 Å². The molecule has 168 valence electrons. The second-order valence-electron chi connectivity index (χ2n) is 7.59.